The Balaban J connectivity index is 4.41. The molecule has 94 valence electrons. The maximum absolute atomic E-state index is 11.5. The number of hydrogen-bond donors (Lipinski definition) is 0. The molecule has 0 amide bonds. The molecule has 0 heterocycles. The van der Waals surface area contributed by atoms with Crippen molar-refractivity contribution in [2.75, 3.05) is 6.61 Å². The number of Topliss-reactive ketones (excluding diaryl/α,β-unsaturated/α-hetero) is 2. The van der Waals surface area contributed by atoms with Gasteiger partial charge in [-0.05, 0) is 26.8 Å². The van der Waals surface area contributed by atoms with E-state index in [1.165, 1.54) is 13.8 Å². The van der Waals surface area contributed by atoms with Crippen LogP contribution in [0.25, 0.3) is 0 Å². The molecule has 4 nitrogen and oxygen atoms in total. The lowest BCUT2D eigenvalue weighted by Gasteiger charge is -2.09. The summed E-state index contributed by atoms with van der Waals surface area (Å²) in [6, 6.07) is 0. The molecule has 0 aliphatic carbocycles. The van der Waals surface area contributed by atoms with Gasteiger partial charge in [0.15, 0.2) is 0 Å². The van der Waals surface area contributed by atoms with Gasteiger partial charge in [0.2, 0.25) is 0 Å². The third kappa shape index (κ3) is 5.24. The Kier molecular flexibility index (Phi) is 6.10. The van der Waals surface area contributed by atoms with Crippen molar-refractivity contribution in [1.29, 1.82) is 0 Å². The first kappa shape index (κ1) is 15.3. The van der Waals surface area contributed by atoms with Gasteiger partial charge in [0.1, 0.15) is 12.4 Å². The van der Waals surface area contributed by atoms with Crippen molar-refractivity contribution in [2.24, 2.45) is 5.92 Å². The topological polar surface area (TPSA) is 60.4 Å². The smallest absolute Gasteiger partial charge is 0.379 e. The highest BCUT2D eigenvalue weighted by molar-refractivity contribution is 6.41. The summed E-state index contributed by atoms with van der Waals surface area (Å²) in [5.41, 5.74) is 0.959. The molecule has 4 heteroatoms. The minimum atomic E-state index is -0.972. The van der Waals surface area contributed by atoms with Crippen LogP contribution in [-0.4, -0.2) is 24.1 Å². The monoisotopic (exact) mass is 238 g/mol. The molecule has 0 unspecified atom stereocenters. The van der Waals surface area contributed by atoms with Crippen LogP contribution < -0.4 is 0 Å². The number of allylic oxidation sites excluding steroid dienone is 1. The van der Waals surface area contributed by atoms with E-state index in [9.17, 15) is 14.4 Å². The zero-order valence-electron chi connectivity index (χ0n) is 10.7. The van der Waals surface area contributed by atoms with Crippen LogP contribution in [-0.2, 0) is 19.1 Å². The van der Waals surface area contributed by atoms with E-state index < -0.39 is 17.7 Å². The first-order valence-corrected chi connectivity index (χ1v) is 5.31. The van der Waals surface area contributed by atoms with Crippen molar-refractivity contribution in [2.45, 2.75) is 27.7 Å². The van der Waals surface area contributed by atoms with Gasteiger partial charge in [-0.25, -0.2) is 4.79 Å². The van der Waals surface area contributed by atoms with Crippen molar-refractivity contribution in [3.05, 3.63) is 23.8 Å². The van der Waals surface area contributed by atoms with Crippen LogP contribution in [0.15, 0.2) is 23.8 Å². The molecular formula is C13H18O4. The molecule has 0 bridgehead atoms. The molecule has 0 saturated carbocycles. The van der Waals surface area contributed by atoms with Crippen molar-refractivity contribution >= 4 is 17.5 Å². The summed E-state index contributed by atoms with van der Waals surface area (Å²) in [7, 11) is 0. The second-order valence-corrected chi connectivity index (χ2v) is 4.07. The van der Waals surface area contributed by atoms with Gasteiger partial charge in [-0.1, -0.05) is 19.1 Å². The Morgan fingerprint density at radius 2 is 1.76 bits per heavy atom. The lowest BCUT2D eigenvalue weighted by molar-refractivity contribution is -0.151. The van der Waals surface area contributed by atoms with Gasteiger partial charge >= 0.3 is 5.97 Å². The highest BCUT2D eigenvalue weighted by Gasteiger charge is 2.25. The molecule has 0 saturated heterocycles. The molecule has 0 radical (unpaired) electrons. The highest BCUT2D eigenvalue weighted by Crippen LogP contribution is 2.11. The molecular weight excluding hydrogens is 220 g/mol. The lowest BCUT2D eigenvalue weighted by Crippen LogP contribution is -2.24. The summed E-state index contributed by atoms with van der Waals surface area (Å²) in [6.45, 7) is 10.1. The molecule has 0 aromatic rings. The van der Waals surface area contributed by atoms with Gasteiger partial charge in [0, 0.05) is 11.5 Å². The predicted molar refractivity (Wildman–Crippen MR) is 64.4 cm³/mol. The third-order valence-corrected chi connectivity index (χ3v) is 2.32. The third-order valence-electron chi connectivity index (χ3n) is 2.32. The van der Waals surface area contributed by atoms with Gasteiger partial charge < -0.3 is 4.74 Å². The molecule has 0 aromatic carbocycles. The zero-order valence-corrected chi connectivity index (χ0v) is 10.7. The molecule has 0 aromatic heterocycles. The fraction of sp³-hybridized carbons (Fsp3) is 0.462. The number of ether oxygens (including phenoxy) is 1. The molecule has 0 N–H and O–H groups in total. The van der Waals surface area contributed by atoms with E-state index in [4.69, 9.17) is 4.74 Å². The van der Waals surface area contributed by atoms with Gasteiger partial charge in [-0.15, -0.1) is 0 Å². The van der Waals surface area contributed by atoms with Crippen LogP contribution >= 0.6 is 0 Å². The van der Waals surface area contributed by atoms with Gasteiger partial charge in [0.25, 0.3) is 5.78 Å². The van der Waals surface area contributed by atoms with E-state index in [0.717, 1.165) is 5.57 Å². The summed E-state index contributed by atoms with van der Waals surface area (Å²) in [5, 5.41) is 0. The van der Waals surface area contributed by atoms with Crippen molar-refractivity contribution in [3.8, 4) is 0 Å². The van der Waals surface area contributed by atoms with E-state index in [2.05, 4.69) is 6.58 Å². The number of ketones is 2. The van der Waals surface area contributed by atoms with Gasteiger partial charge in [-0.2, -0.15) is 0 Å². The van der Waals surface area contributed by atoms with E-state index in [1.54, 1.807) is 6.08 Å². The van der Waals surface area contributed by atoms with Crippen molar-refractivity contribution in [1.82, 2.24) is 0 Å². The number of rotatable bonds is 6. The summed E-state index contributed by atoms with van der Waals surface area (Å²) in [6.07, 6.45) is 1.68. The number of esters is 1. The molecule has 0 fully saturated rings. The van der Waals surface area contributed by atoms with Crippen LogP contribution in [0.1, 0.15) is 27.7 Å². The molecule has 0 rings (SSSR count). The fourth-order valence-corrected chi connectivity index (χ4v) is 0.923. The molecule has 1 atom stereocenters. The minimum absolute atomic E-state index is 0.0281. The minimum Gasteiger partial charge on any atom is -0.455 e. The van der Waals surface area contributed by atoms with Crippen LogP contribution in [0.2, 0.25) is 0 Å². The fourth-order valence-electron chi connectivity index (χ4n) is 0.923. The number of carbonyl (C=O) groups excluding carboxylic acids is 3. The molecule has 0 spiro atoms. The lowest BCUT2D eigenvalue weighted by atomic mass is 9.95. The summed E-state index contributed by atoms with van der Waals surface area (Å²) >= 11 is 0. The van der Waals surface area contributed by atoms with Crippen LogP contribution in [0.4, 0.5) is 0 Å². The largest absolute Gasteiger partial charge is 0.455 e. The average Bonchev–Trinajstić information content (AvgIpc) is 2.25. The Labute approximate surface area is 101 Å². The maximum atomic E-state index is 11.5. The Hall–Kier alpha value is -1.71. The average molecular weight is 238 g/mol. The first-order valence-electron chi connectivity index (χ1n) is 5.31. The standard InChI is InChI=1S/C13H18O4/c1-8(2)6-7-17-13(16)12(15)10(4)9(3)11(5)14/h6,9H,4,7H2,1-3,5H3/t9-/m0/s1. The van der Waals surface area contributed by atoms with E-state index in [0.29, 0.717) is 0 Å². The molecule has 17 heavy (non-hydrogen) atoms. The van der Waals surface area contributed by atoms with E-state index in [1.807, 2.05) is 13.8 Å². The highest BCUT2D eigenvalue weighted by atomic mass is 16.5. The Morgan fingerprint density at radius 1 is 1.24 bits per heavy atom. The summed E-state index contributed by atoms with van der Waals surface area (Å²) < 4.78 is 4.73. The SMILES string of the molecule is C=C(C(=O)C(=O)OCC=C(C)C)[C@H](C)C(C)=O. The van der Waals surface area contributed by atoms with Crippen LogP contribution in [0.3, 0.4) is 0 Å². The Bertz CT molecular complexity index is 373. The first-order chi connectivity index (χ1) is 7.77. The summed E-state index contributed by atoms with van der Waals surface area (Å²) in [4.78, 5) is 33.9. The van der Waals surface area contributed by atoms with Gasteiger partial charge in [-0.3, -0.25) is 9.59 Å². The van der Waals surface area contributed by atoms with Crippen LogP contribution in [0.5, 0.6) is 0 Å². The van der Waals surface area contributed by atoms with Crippen LogP contribution in [0, 0.1) is 5.92 Å². The van der Waals surface area contributed by atoms with Crippen molar-refractivity contribution < 1.29 is 19.1 Å². The number of carbonyl (C=O) groups is 3. The zero-order chi connectivity index (χ0) is 13.6. The summed E-state index contributed by atoms with van der Waals surface area (Å²) in [5.74, 6) is -2.67. The molecule has 0 aliphatic heterocycles. The van der Waals surface area contributed by atoms with E-state index in [-0.39, 0.29) is 18.0 Å². The second-order valence-electron chi connectivity index (χ2n) is 4.07. The van der Waals surface area contributed by atoms with Crippen molar-refractivity contribution in [3.63, 3.8) is 0 Å². The maximum Gasteiger partial charge on any atom is 0.379 e. The van der Waals surface area contributed by atoms with E-state index >= 15 is 0 Å². The normalized spacial score (nSPS) is 11.3. The van der Waals surface area contributed by atoms with Gasteiger partial charge in [0.05, 0.1) is 0 Å². The molecule has 0 aliphatic rings. The Morgan fingerprint density at radius 3 is 2.18 bits per heavy atom. The quantitative estimate of drug-likeness (QED) is 0.306. The number of hydrogen-bond acceptors (Lipinski definition) is 4. The predicted octanol–water partition coefficient (Wildman–Crippen LogP) is 1.85. The second kappa shape index (κ2) is 6.78.